The molecule has 0 fully saturated rings. The van der Waals surface area contributed by atoms with Crippen LogP contribution in [-0.2, 0) is 44.6 Å². The molecular weight excluding hydrogens is 1700 g/mol. The molecule has 0 bridgehead atoms. The van der Waals surface area contributed by atoms with Crippen molar-refractivity contribution in [1.29, 1.82) is 0 Å². The third-order valence-electron chi connectivity index (χ3n) is 20.8. The van der Waals surface area contributed by atoms with E-state index in [1.165, 1.54) is 30.9 Å². The Morgan fingerprint density at radius 1 is 0.315 bits per heavy atom. The van der Waals surface area contributed by atoms with Crippen LogP contribution in [0, 0.1) is 52.1 Å². The number of halogens is 5. The standard InChI is InChI=1S/C26H25N5O2.C25H23N5O2.C24H17ClF2N4O2.C24H18ClFN4O2/c1-16-12-20(6-9-23(16)33-24-8-4-17(2)30-18(24)3)31-26-21-13-19(14-25-27-10-11-32-25)5-7-22(21)28-15-29-26;1-16-12-19(6-8-22(16)32-23-4-3-9-26-17(23)2)30-25-20-13-18(14-24-27-10-11-31-24)5-7-21(20)28-15-29-25;25-17-12-15(5-7-20(17)33-21-3-1-2-18(26)23(21)27)31-24-16-10-14(11-22-28-8-9-32-22)4-6-19(16)29-13-30-24;25-18-13-16(6-8-21(18)32-22-4-2-1-3-19(22)26)30-24-17-11-15(12-23-27-9-10-31-23)5-7-20(17)28-14-29-24/h4-9,12-13,15H,10-11,14H2,1-3H3,(H,28,29,31);3-9,12-13,15H,10-11,14H2,1-2H3,(H,28,29,30);1-7,10,12-13H,8-9,11H2,(H,29,30,31);1-8,11,13-14H,9-10,12H2,(H,28,29,30). The van der Waals surface area contributed by atoms with Crippen molar-refractivity contribution in [2.24, 2.45) is 20.0 Å². The highest BCUT2D eigenvalue weighted by Crippen LogP contribution is 2.40. The number of para-hydroxylation sites is 1. The summed E-state index contributed by atoms with van der Waals surface area (Å²) in [7, 11) is 0. The van der Waals surface area contributed by atoms with Gasteiger partial charge >= 0.3 is 0 Å². The molecule has 26 nitrogen and oxygen atoms in total. The predicted molar refractivity (Wildman–Crippen MR) is 500 cm³/mol. The Bertz CT molecular complexity index is 6850. The third-order valence-corrected chi connectivity index (χ3v) is 21.4. The van der Waals surface area contributed by atoms with E-state index >= 15 is 0 Å². The molecule has 0 unspecified atom stereocenters. The molecule has 652 valence electrons. The summed E-state index contributed by atoms with van der Waals surface area (Å²) in [4.78, 5) is 61.4. The zero-order chi connectivity index (χ0) is 89.4. The molecule has 4 aliphatic rings. The van der Waals surface area contributed by atoms with E-state index in [0.29, 0.717) is 99.0 Å². The molecule has 6 aromatic heterocycles. The van der Waals surface area contributed by atoms with Gasteiger partial charge in [0, 0.05) is 81.9 Å². The SMILES string of the molecule is Cc1cc(Nc2ncnc3ccc(CC4=NCCO4)cc23)ccc1Oc1cccnc1C.Cc1ccc(Oc2ccc(Nc3ncnc4ccc(CC5=NCCO5)cc34)cc2C)c(C)n1.Fc1cccc(Oc2ccc(Nc3ncnc4ccc(CC5=NCCO5)cc34)cc2Cl)c1F.Fc1ccccc1Oc1ccc(Nc2ncnc3ccc(CC4=NCCO4)cc23)cc1Cl. The number of aromatic nitrogens is 10. The summed E-state index contributed by atoms with van der Waals surface area (Å²) in [5, 5.41) is 17.5. The van der Waals surface area contributed by atoms with Gasteiger partial charge in [0.15, 0.2) is 46.7 Å². The van der Waals surface area contributed by atoms with Crippen LogP contribution >= 0.6 is 23.2 Å². The van der Waals surface area contributed by atoms with Crippen LogP contribution in [0.4, 0.5) is 59.2 Å². The van der Waals surface area contributed by atoms with Crippen LogP contribution in [0.15, 0.2) is 264 Å². The van der Waals surface area contributed by atoms with Crippen LogP contribution in [0.2, 0.25) is 10.0 Å². The molecule has 0 amide bonds. The van der Waals surface area contributed by atoms with Gasteiger partial charge < -0.3 is 59.2 Å². The predicted octanol–water partition coefficient (Wildman–Crippen LogP) is 22.6. The molecule has 4 aliphatic heterocycles. The first-order chi connectivity index (χ1) is 63.4. The quantitative estimate of drug-likeness (QED) is 0.0437. The normalized spacial score (nSPS) is 13.0. The van der Waals surface area contributed by atoms with Gasteiger partial charge in [-0.3, -0.25) is 29.9 Å². The van der Waals surface area contributed by atoms with Crippen LogP contribution in [0.5, 0.6) is 46.0 Å². The average molecular weight is 1780 g/mol. The second kappa shape index (κ2) is 40.4. The molecule has 4 N–H and O–H groups in total. The highest BCUT2D eigenvalue weighted by atomic mass is 35.5. The van der Waals surface area contributed by atoms with E-state index in [-0.39, 0.29) is 22.3 Å². The number of hydrogen-bond acceptors (Lipinski definition) is 26. The largest absolute Gasteiger partial charge is 0.479 e. The topological polar surface area (TPSA) is 300 Å². The molecule has 0 aliphatic carbocycles. The van der Waals surface area contributed by atoms with E-state index in [1.807, 2.05) is 144 Å². The van der Waals surface area contributed by atoms with Crippen molar-refractivity contribution in [2.45, 2.75) is 60.3 Å². The summed E-state index contributed by atoms with van der Waals surface area (Å²) in [6.07, 6.45) is 10.4. The highest BCUT2D eigenvalue weighted by Gasteiger charge is 2.21. The van der Waals surface area contributed by atoms with E-state index in [9.17, 15) is 13.2 Å². The number of nitrogens with one attached hydrogen (secondary N) is 4. The number of ether oxygens (including phenoxy) is 8. The van der Waals surface area contributed by atoms with E-state index in [0.717, 1.165) is 183 Å². The zero-order valence-electron chi connectivity index (χ0n) is 71.0. The highest BCUT2D eigenvalue weighted by molar-refractivity contribution is 6.32. The number of anilines is 8. The minimum Gasteiger partial charge on any atom is -0.479 e. The fourth-order valence-corrected chi connectivity index (χ4v) is 14.8. The van der Waals surface area contributed by atoms with Crippen molar-refractivity contribution in [2.75, 3.05) is 73.9 Å². The number of aliphatic imine (C=N–C) groups is 4. The molecule has 16 aromatic rings. The Morgan fingerprint density at radius 2 is 0.662 bits per heavy atom. The van der Waals surface area contributed by atoms with Crippen molar-refractivity contribution < 1.29 is 51.1 Å². The Morgan fingerprint density at radius 3 is 1.03 bits per heavy atom. The minimum atomic E-state index is -1.08. The molecule has 31 heteroatoms. The summed E-state index contributed by atoms with van der Waals surface area (Å²) >= 11 is 12.7. The summed E-state index contributed by atoms with van der Waals surface area (Å²) in [5.41, 5.74) is 15.6. The third kappa shape index (κ3) is 21.8. The first-order valence-corrected chi connectivity index (χ1v) is 42.4. The van der Waals surface area contributed by atoms with Crippen LogP contribution in [0.3, 0.4) is 0 Å². The summed E-state index contributed by atoms with van der Waals surface area (Å²) in [6.45, 7) is 15.3. The molecule has 0 saturated carbocycles. The average Bonchev–Trinajstić information content (AvgIpc) is 0.956. The molecule has 10 heterocycles. The molecule has 0 spiro atoms. The van der Waals surface area contributed by atoms with Gasteiger partial charge in [-0.05, 0) is 238 Å². The van der Waals surface area contributed by atoms with Gasteiger partial charge in [-0.2, -0.15) is 4.39 Å². The lowest BCUT2D eigenvalue weighted by molar-refractivity contribution is 0.340. The van der Waals surface area contributed by atoms with Crippen molar-refractivity contribution >= 4 is 136 Å². The first-order valence-electron chi connectivity index (χ1n) is 41.7. The number of aryl methyl sites for hydroxylation is 5. The lowest BCUT2D eigenvalue weighted by Crippen LogP contribution is -2.04. The lowest BCUT2D eigenvalue weighted by atomic mass is 10.1. The molecule has 130 heavy (non-hydrogen) atoms. The Balaban J connectivity index is 0.000000121. The Labute approximate surface area is 754 Å². The number of benzene rings is 10. The molecular formula is C99H83Cl2F3N18O8. The van der Waals surface area contributed by atoms with Crippen molar-refractivity contribution in [1.82, 2.24) is 49.8 Å². The fraction of sp³-hybridized carbons (Fsp3) is 0.172. The number of rotatable bonds is 24. The van der Waals surface area contributed by atoms with Gasteiger partial charge in [-0.25, -0.2) is 48.7 Å². The summed E-state index contributed by atoms with van der Waals surface area (Å²) in [6, 6.07) is 63.8. The van der Waals surface area contributed by atoms with Gasteiger partial charge in [0.1, 0.15) is 110 Å². The number of nitrogens with zero attached hydrogens (tertiary/aromatic N) is 14. The molecule has 0 radical (unpaired) electrons. The van der Waals surface area contributed by atoms with Gasteiger partial charge in [0.25, 0.3) is 0 Å². The second-order valence-electron chi connectivity index (χ2n) is 30.3. The minimum absolute atomic E-state index is 0.111. The van der Waals surface area contributed by atoms with Crippen LogP contribution in [0.1, 0.15) is 50.5 Å². The monoisotopic (exact) mass is 1780 g/mol. The number of pyridine rings is 2. The second-order valence-corrected chi connectivity index (χ2v) is 31.1. The van der Waals surface area contributed by atoms with Crippen molar-refractivity contribution in [3.63, 3.8) is 0 Å². The molecule has 10 aromatic carbocycles. The maximum atomic E-state index is 13.9. The maximum Gasteiger partial charge on any atom is 0.201 e. The number of hydrogen-bond donors (Lipinski definition) is 4. The molecule has 20 rings (SSSR count). The summed E-state index contributed by atoms with van der Waals surface area (Å²) in [5.74, 6) is 6.75. The van der Waals surface area contributed by atoms with E-state index < -0.39 is 17.5 Å². The van der Waals surface area contributed by atoms with Gasteiger partial charge in [-0.15, -0.1) is 0 Å². The Hall–Kier alpha value is -15.5. The van der Waals surface area contributed by atoms with Gasteiger partial charge in [0.05, 0.1) is 69.7 Å². The van der Waals surface area contributed by atoms with Crippen molar-refractivity contribution in [3.8, 4) is 46.0 Å². The van der Waals surface area contributed by atoms with Crippen molar-refractivity contribution in [3.05, 3.63) is 322 Å². The van der Waals surface area contributed by atoms with Gasteiger partial charge in [0.2, 0.25) is 5.82 Å². The zero-order valence-corrected chi connectivity index (χ0v) is 72.5. The molecule has 0 atom stereocenters. The van der Waals surface area contributed by atoms with E-state index in [4.69, 9.17) is 61.1 Å². The van der Waals surface area contributed by atoms with Crippen LogP contribution in [-0.4, -0.2) is 126 Å². The molecule has 0 saturated heterocycles. The maximum absolute atomic E-state index is 13.9. The van der Waals surface area contributed by atoms with Crippen LogP contribution < -0.4 is 40.2 Å². The first kappa shape index (κ1) is 86.6. The fourth-order valence-electron chi connectivity index (χ4n) is 14.4. The smallest absolute Gasteiger partial charge is 0.201 e. The summed E-state index contributed by atoms with van der Waals surface area (Å²) < 4.78 is 86.6. The van der Waals surface area contributed by atoms with E-state index in [1.54, 1.807) is 73.4 Å². The van der Waals surface area contributed by atoms with Gasteiger partial charge in [-0.1, -0.05) is 65.7 Å². The van der Waals surface area contributed by atoms with Crippen LogP contribution in [0.25, 0.3) is 43.6 Å². The van der Waals surface area contributed by atoms with E-state index in [2.05, 4.69) is 115 Å². The Kier molecular flexibility index (Phi) is 26.9. The lowest BCUT2D eigenvalue weighted by Gasteiger charge is -2.14. The number of fused-ring (bicyclic) bond motifs is 4.